The first-order valence-electron chi connectivity index (χ1n) is 6.23. The van der Waals surface area contributed by atoms with E-state index in [0.717, 1.165) is 15.7 Å². The molecule has 2 aromatic rings. The molecule has 21 heavy (non-hydrogen) atoms. The summed E-state index contributed by atoms with van der Waals surface area (Å²) in [5.41, 5.74) is 7.04. The van der Waals surface area contributed by atoms with Gasteiger partial charge in [-0.2, -0.15) is 0 Å². The molecule has 6 heteroatoms. The lowest BCUT2D eigenvalue weighted by atomic mass is 10.2. The third-order valence-electron chi connectivity index (χ3n) is 2.72. The van der Waals surface area contributed by atoms with Crippen molar-refractivity contribution in [1.82, 2.24) is 0 Å². The van der Waals surface area contributed by atoms with Crippen LogP contribution in [0.2, 0.25) is 5.02 Å². The van der Waals surface area contributed by atoms with Crippen LogP contribution in [0.4, 0.5) is 5.69 Å². The predicted octanol–water partition coefficient (Wildman–Crippen LogP) is 3.58. The van der Waals surface area contributed by atoms with Gasteiger partial charge in [-0.3, -0.25) is 4.79 Å². The number of ether oxygens (including phenoxy) is 1. The summed E-state index contributed by atoms with van der Waals surface area (Å²) in [5.74, 6) is 0.122. The summed E-state index contributed by atoms with van der Waals surface area (Å²) in [7, 11) is 0. The predicted molar refractivity (Wildman–Crippen MR) is 87.6 cm³/mol. The summed E-state index contributed by atoms with van der Waals surface area (Å²) in [5, 5.41) is 3.94. The van der Waals surface area contributed by atoms with Crippen molar-refractivity contribution in [1.29, 1.82) is 0 Å². The Hall–Kier alpha value is -1.72. The summed E-state index contributed by atoms with van der Waals surface area (Å²) >= 11 is 9.39. The molecule has 110 valence electrons. The number of rotatable bonds is 6. The standard InChI is InChI=1S/C15H14BrClN2O2/c16-13-6-3-11(7-14(13)17)19-8-10-1-4-12(5-2-10)21-9-15(18)20/h1-7,19H,8-9H2,(H2,18,20). The lowest BCUT2D eigenvalue weighted by Gasteiger charge is -2.09. The van der Waals surface area contributed by atoms with Gasteiger partial charge in [-0.15, -0.1) is 0 Å². The maximum atomic E-state index is 10.6. The second kappa shape index (κ2) is 7.33. The number of nitrogens with one attached hydrogen (secondary N) is 1. The van der Waals surface area contributed by atoms with Gasteiger partial charge in [0, 0.05) is 16.7 Å². The number of carbonyl (C=O) groups excluding carboxylic acids is 1. The van der Waals surface area contributed by atoms with Crippen LogP contribution in [0.15, 0.2) is 46.9 Å². The lowest BCUT2D eigenvalue weighted by molar-refractivity contribution is -0.119. The largest absolute Gasteiger partial charge is 0.484 e. The van der Waals surface area contributed by atoms with Gasteiger partial charge in [-0.05, 0) is 51.8 Å². The number of hydrogen-bond acceptors (Lipinski definition) is 3. The van der Waals surface area contributed by atoms with Crippen LogP contribution in [0.3, 0.4) is 0 Å². The Labute approximate surface area is 136 Å². The van der Waals surface area contributed by atoms with Gasteiger partial charge in [0.25, 0.3) is 5.91 Å². The number of benzene rings is 2. The Morgan fingerprint density at radius 3 is 2.57 bits per heavy atom. The van der Waals surface area contributed by atoms with Gasteiger partial charge in [0.15, 0.2) is 6.61 Å². The molecular weight excluding hydrogens is 356 g/mol. The van der Waals surface area contributed by atoms with Crippen molar-refractivity contribution >= 4 is 39.1 Å². The van der Waals surface area contributed by atoms with E-state index in [1.165, 1.54) is 0 Å². The highest BCUT2D eigenvalue weighted by Crippen LogP contribution is 2.25. The average Bonchev–Trinajstić information content (AvgIpc) is 2.47. The van der Waals surface area contributed by atoms with Crippen molar-refractivity contribution in [3.8, 4) is 5.75 Å². The van der Waals surface area contributed by atoms with Crippen LogP contribution in [-0.4, -0.2) is 12.5 Å². The van der Waals surface area contributed by atoms with Crippen LogP contribution < -0.4 is 15.8 Å². The Balaban J connectivity index is 1.91. The Kier molecular flexibility index (Phi) is 5.47. The van der Waals surface area contributed by atoms with Gasteiger partial charge in [-0.25, -0.2) is 0 Å². The molecule has 2 rings (SSSR count). The quantitative estimate of drug-likeness (QED) is 0.818. The third-order valence-corrected chi connectivity index (χ3v) is 3.95. The van der Waals surface area contributed by atoms with Gasteiger partial charge >= 0.3 is 0 Å². The van der Waals surface area contributed by atoms with Gasteiger partial charge < -0.3 is 15.8 Å². The van der Waals surface area contributed by atoms with Crippen molar-refractivity contribution < 1.29 is 9.53 Å². The lowest BCUT2D eigenvalue weighted by Crippen LogP contribution is -2.19. The molecule has 0 bridgehead atoms. The fraction of sp³-hybridized carbons (Fsp3) is 0.133. The zero-order valence-corrected chi connectivity index (χ0v) is 13.4. The van der Waals surface area contributed by atoms with Crippen LogP contribution in [0.5, 0.6) is 5.75 Å². The maximum absolute atomic E-state index is 10.6. The minimum Gasteiger partial charge on any atom is -0.484 e. The number of anilines is 1. The van der Waals surface area contributed by atoms with Crippen molar-refractivity contribution in [2.45, 2.75) is 6.54 Å². The number of nitrogens with two attached hydrogens (primary N) is 1. The number of halogens is 2. The molecule has 0 aromatic heterocycles. The van der Waals surface area contributed by atoms with Gasteiger partial charge in [0.1, 0.15) is 5.75 Å². The number of primary amides is 1. The van der Waals surface area contributed by atoms with E-state index in [1.54, 1.807) is 12.1 Å². The van der Waals surface area contributed by atoms with Crippen LogP contribution >= 0.6 is 27.5 Å². The minimum atomic E-state index is -0.493. The van der Waals surface area contributed by atoms with Gasteiger partial charge in [0.05, 0.1) is 5.02 Å². The van der Waals surface area contributed by atoms with Crippen LogP contribution in [0.1, 0.15) is 5.56 Å². The van der Waals surface area contributed by atoms with Crippen molar-refractivity contribution in [2.75, 3.05) is 11.9 Å². The molecular formula is C15H14BrClN2O2. The molecule has 0 saturated carbocycles. The summed E-state index contributed by atoms with van der Waals surface area (Å²) in [4.78, 5) is 10.6. The molecule has 3 N–H and O–H groups in total. The number of carbonyl (C=O) groups is 1. The molecule has 0 fully saturated rings. The summed E-state index contributed by atoms with van der Waals surface area (Å²) < 4.78 is 6.06. The monoisotopic (exact) mass is 368 g/mol. The van der Waals surface area contributed by atoms with Crippen molar-refractivity contribution in [3.63, 3.8) is 0 Å². The normalized spacial score (nSPS) is 10.2. The zero-order chi connectivity index (χ0) is 15.2. The minimum absolute atomic E-state index is 0.116. The molecule has 4 nitrogen and oxygen atoms in total. The molecule has 0 spiro atoms. The molecule has 0 radical (unpaired) electrons. The number of hydrogen-bond donors (Lipinski definition) is 2. The van der Waals surface area contributed by atoms with E-state index in [9.17, 15) is 4.79 Å². The Morgan fingerprint density at radius 1 is 1.24 bits per heavy atom. The first-order valence-corrected chi connectivity index (χ1v) is 7.40. The molecule has 1 amide bonds. The fourth-order valence-corrected chi connectivity index (χ4v) is 2.10. The van der Waals surface area contributed by atoms with Gasteiger partial charge in [0.2, 0.25) is 0 Å². The second-order valence-corrected chi connectivity index (χ2v) is 5.64. The van der Waals surface area contributed by atoms with E-state index in [2.05, 4.69) is 21.2 Å². The fourth-order valence-electron chi connectivity index (χ4n) is 1.67. The molecule has 0 atom stereocenters. The first kappa shape index (κ1) is 15.7. The molecule has 0 aliphatic heterocycles. The SMILES string of the molecule is NC(=O)COc1ccc(CNc2ccc(Br)c(Cl)c2)cc1. The average molecular weight is 370 g/mol. The van der Waals surface area contributed by atoms with E-state index in [1.807, 2.05) is 30.3 Å². The van der Waals surface area contributed by atoms with Crippen molar-refractivity contribution in [2.24, 2.45) is 5.73 Å². The highest BCUT2D eigenvalue weighted by Gasteiger charge is 2.01. The Bertz CT molecular complexity index is 632. The second-order valence-electron chi connectivity index (χ2n) is 4.38. The molecule has 0 aliphatic carbocycles. The third kappa shape index (κ3) is 4.95. The molecule has 0 aliphatic rings. The topological polar surface area (TPSA) is 64.4 Å². The van der Waals surface area contributed by atoms with E-state index >= 15 is 0 Å². The highest BCUT2D eigenvalue weighted by molar-refractivity contribution is 9.10. The molecule has 0 saturated heterocycles. The van der Waals surface area contributed by atoms with Gasteiger partial charge in [-0.1, -0.05) is 23.7 Å². The van der Waals surface area contributed by atoms with E-state index in [4.69, 9.17) is 22.1 Å². The molecule has 2 aromatic carbocycles. The summed E-state index contributed by atoms with van der Waals surface area (Å²) in [6.45, 7) is 0.545. The molecule has 0 unspecified atom stereocenters. The summed E-state index contributed by atoms with van der Waals surface area (Å²) in [6.07, 6.45) is 0. The maximum Gasteiger partial charge on any atom is 0.255 e. The van der Waals surface area contributed by atoms with E-state index in [-0.39, 0.29) is 6.61 Å². The summed E-state index contributed by atoms with van der Waals surface area (Å²) in [6, 6.07) is 13.1. The van der Waals surface area contributed by atoms with Crippen molar-refractivity contribution in [3.05, 3.63) is 57.5 Å². The van der Waals surface area contributed by atoms with Crippen LogP contribution in [-0.2, 0) is 11.3 Å². The zero-order valence-electron chi connectivity index (χ0n) is 11.1. The number of amides is 1. The van der Waals surface area contributed by atoms with E-state index < -0.39 is 5.91 Å². The van der Waals surface area contributed by atoms with Crippen LogP contribution in [0, 0.1) is 0 Å². The van der Waals surface area contributed by atoms with E-state index in [0.29, 0.717) is 17.3 Å². The smallest absolute Gasteiger partial charge is 0.255 e. The molecule has 0 heterocycles. The highest BCUT2D eigenvalue weighted by atomic mass is 79.9. The van der Waals surface area contributed by atoms with Crippen LogP contribution in [0.25, 0.3) is 0 Å². The Morgan fingerprint density at radius 2 is 1.95 bits per heavy atom. The first-order chi connectivity index (χ1) is 10.0.